The lowest BCUT2D eigenvalue weighted by molar-refractivity contribution is -0.144. The Morgan fingerprint density at radius 3 is 2.68 bits per heavy atom. The van der Waals surface area contributed by atoms with Crippen LogP contribution in [0.5, 0.6) is 0 Å². The van der Waals surface area contributed by atoms with E-state index in [9.17, 15) is 14.7 Å². The number of hydrogen-bond donors (Lipinski definition) is 2. The monoisotopic (exact) mass is 322 g/mol. The number of rotatable bonds is 3. The fourth-order valence-corrected chi connectivity index (χ4v) is 3.77. The van der Waals surface area contributed by atoms with Crippen molar-refractivity contribution in [2.24, 2.45) is 5.92 Å². The molecule has 2 N–H and O–H groups in total. The first-order chi connectivity index (χ1) is 10.5. The largest absolute Gasteiger partial charge is 0.481 e. The summed E-state index contributed by atoms with van der Waals surface area (Å²) in [6.07, 6.45) is 1.43. The lowest BCUT2D eigenvalue weighted by atomic mass is 9.77. The molecule has 22 heavy (non-hydrogen) atoms. The molecule has 118 valence electrons. The summed E-state index contributed by atoms with van der Waals surface area (Å²) in [6, 6.07) is 7.75. The van der Waals surface area contributed by atoms with Gasteiger partial charge in [0.15, 0.2) is 0 Å². The number of carboxylic acids is 1. The van der Waals surface area contributed by atoms with Crippen molar-refractivity contribution < 1.29 is 14.7 Å². The Morgan fingerprint density at radius 2 is 2.05 bits per heavy atom. The van der Waals surface area contributed by atoms with Crippen LogP contribution < -0.4 is 5.32 Å². The van der Waals surface area contributed by atoms with Crippen LogP contribution in [0.1, 0.15) is 24.8 Å². The number of carboxylic acid groups (broad SMARTS) is 1. The zero-order valence-electron chi connectivity index (χ0n) is 12.2. The van der Waals surface area contributed by atoms with Crippen LogP contribution in [-0.2, 0) is 16.1 Å². The van der Waals surface area contributed by atoms with Gasteiger partial charge < -0.3 is 10.4 Å². The molecule has 3 rings (SSSR count). The summed E-state index contributed by atoms with van der Waals surface area (Å²) in [7, 11) is 0. The van der Waals surface area contributed by atoms with Gasteiger partial charge in [0.1, 0.15) is 0 Å². The number of nitrogens with one attached hydrogen (secondary N) is 1. The van der Waals surface area contributed by atoms with Crippen molar-refractivity contribution in [1.29, 1.82) is 0 Å². The van der Waals surface area contributed by atoms with Gasteiger partial charge in [0.05, 0.1) is 11.5 Å². The molecule has 1 aromatic carbocycles. The first kappa shape index (κ1) is 15.3. The summed E-state index contributed by atoms with van der Waals surface area (Å²) in [5.74, 6) is -1.63. The van der Waals surface area contributed by atoms with Crippen molar-refractivity contribution in [1.82, 2.24) is 10.2 Å². The number of halogens is 1. The molecule has 0 radical (unpaired) electrons. The number of carbonyl (C=O) groups excluding carboxylic acids is 1. The first-order valence-corrected chi connectivity index (χ1v) is 7.87. The number of hydrogen-bond acceptors (Lipinski definition) is 3. The summed E-state index contributed by atoms with van der Waals surface area (Å²) >= 11 is 6.19. The molecule has 2 aliphatic heterocycles. The van der Waals surface area contributed by atoms with Crippen molar-refractivity contribution in [3.8, 4) is 0 Å². The van der Waals surface area contributed by atoms with Crippen molar-refractivity contribution >= 4 is 23.5 Å². The van der Waals surface area contributed by atoms with Gasteiger partial charge >= 0.3 is 5.97 Å². The number of aliphatic carboxylic acids is 1. The SMILES string of the molecule is O=C1CC(C(=O)O)C2(CCN(Cc3ccccc3Cl)CC2)N1. The molecular formula is C16H19ClN2O3. The lowest BCUT2D eigenvalue weighted by Gasteiger charge is -2.41. The summed E-state index contributed by atoms with van der Waals surface area (Å²) in [5, 5.41) is 13.0. The molecule has 0 saturated carbocycles. The van der Waals surface area contributed by atoms with Gasteiger partial charge in [-0.15, -0.1) is 0 Å². The van der Waals surface area contributed by atoms with Crippen LogP contribution in [0.4, 0.5) is 0 Å². The van der Waals surface area contributed by atoms with Crippen LogP contribution in [0.25, 0.3) is 0 Å². The highest BCUT2D eigenvalue weighted by molar-refractivity contribution is 6.31. The third-order valence-corrected chi connectivity index (χ3v) is 5.21. The van der Waals surface area contributed by atoms with E-state index < -0.39 is 17.4 Å². The second-order valence-electron chi connectivity index (χ2n) is 6.17. The van der Waals surface area contributed by atoms with E-state index >= 15 is 0 Å². The van der Waals surface area contributed by atoms with E-state index in [0.717, 1.165) is 30.2 Å². The van der Waals surface area contributed by atoms with Crippen LogP contribution in [0, 0.1) is 5.92 Å². The molecule has 2 saturated heterocycles. The minimum absolute atomic E-state index is 0.0971. The Labute approximate surface area is 134 Å². The zero-order chi connectivity index (χ0) is 15.7. The van der Waals surface area contributed by atoms with E-state index in [0.29, 0.717) is 12.8 Å². The van der Waals surface area contributed by atoms with Gasteiger partial charge in [-0.1, -0.05) is 29.8 Å². The standard InChI is InChI=1S/C16H19ClN2O3/c17-13-4-2-1-3-11(13)10-19-7-5-16(6-8-19)12(15(21)22)9-14(20)18-16/h1-4,12H,5-10H2,(H,18,20)(H,21,22). The average molecular weight is 323 g/mol. The molecule has 1 atom stereocenters. The maximum absolute atomic E-state index is 11.6. The fourth-order valence-electron chi connectivity index (χ4n) is 3.57. The molecule has 0 bridgehead atoms. The van der Waals surface area contributed by atoms with E-state index in [1.807, 2.05) is 24.3 Å². The van der Waals surface area contributed by atoms with E-state index in [-0.39, 0.29) is 12.3 Å². The Bertz CT molecular complexity index is 597. The molecule has 0 aliphatic carbocycles. The van der Waals surface area contributed by atoms with Crippen LogP contribution in [0.3, 0.4) is 0 Å². The molecule has 1 aromatic rings. The molecule has 1 spiro atoms. The van der Waals surface area contributed by atoms with E-state index in [4.69, 9.17) is 11.6 Å². The van der Waals surface area contributed by atoms with Crippen LogP contribution >= 0.6 is 11.6 Å². The normalized spacial score (nSPS) is 24.4. The topological polar surface area (TPSA) is 69.6 Å². The smallest absolute Gasteiger partial charge is 0.309 e. The van der Waals surface area contributed by atoms with Gasteiger partial charge in [-0.3, -0.25) is 14.5 Å². The van der Waals surface area contributed by atoms with Crippen LogP contribution in [0.15, 0.2) is 24.3 Å². The van der Waals surface area contributed by atoms with Gasteiger partial charge in [0, 0.05) is 31.1 Å². The lowest BCUT2D eigenvalue weighted by Crippen LogP contribution is -2.55. The Morgan fingerprint density at radius 1 is 1.36 bits per heavy atom. The number of piperidine rings is 1. The highest BCUT2D eigenvalue weighted by atomic mass is 35.5. The van der Waals surface area contributed by atoms with E-state index in [1.165, 1.54) is 0 Å². The molecule has 1 amide bonds. The highest BCUT2D eigenvalue weighted by Crippen LogP contribution is 2.37. The number of benzene rings is 1. The van der Waals surface area contributed by atoms with Gasteiger partial charge in [-0.25, -0.2) is 0 Å². The summed E-state index contributed by atoms with van der Waals surface area (Å²) in [6.45, 7) is 2.27. The van der Waals surface area contributed by atoms with Gasteiger partial charge in [-0.05, 0) is 24.5 Å². The number of likely N-dealkylation sites (tertiary alicyclic amines) is 1. The number of amides is 1. The predicted molar refractivity (Wildman–Crippen MR) is 82.6 cm³/mol. The maximum atomic E-state index is 11.6. The zero-order valence-corrected chi connectivity index (χ0v) is 13.0. The third kappa shape index (κ3) is 2.83. The second-order valence-corrected chi connectivity index (χ2v) is 6.57. The van der Waals surface area contributed by atoms with Crippen LogP contribution in [-0.4, -0.2) is 40.5 Å². The van der Waals surface area contributed by atoms with Crippen LogP contribution in [0.2, 0.25) is 5.02 Å². The molecule has 2 aliphatic rings. The van der Waals surface area contributed by atoms with Gasteiger partial charge in [0.2, 0.25) is 5.91 Å². The van der Waals surface area contributed by atoms with Crippen molar-refractivity contribution in [2.45, 2.75) is 31.3 Å². The molecule has 1 unspecified atom stereocenters. The predicted octanol–water partition coefficient (Wildman–Crippen LogP) is 1.90. The van der Waals surface area contributed by atoms with Crippen molar-refractivity contribution in [3.05, 3.63) is 34.9 Å². The van der Waals surface area contributed by atoms with Gasteiger partial charge in [-0.2, -0.15) is 0 Å². The number of carbonyl (C=O) groups is 2. The maximum Gasteiger partial charge on any atom is 0.309 e. The second kappa shape index (κ2) is 5.89. The third-order valence-electron chi connectivity index (χ3n) is 4.84. The quantitative estimate of drug-likeness (QED) is 0.891. The van der Waals surface area contributed by atoms with Gasteiger partial charge in [0.25, 0.3) is 0 Å². The molecule has 6 heteroatoms. The van der Waals surface area contributed by atoms with E-state index in [2.05, 4.69) is 10.2 Å². The van der Waals surface area contributed by atoms with Crippen molar-refractivity contribution in [2.75, 3.05) is 13.1 Å². The Hall–Kier alpha value is -1.59. The Balaban J connectivity index is 1.66. The highest BCUT2D eigenvalue weighted by Gasteiger charge is 2.51. The van der Waals surface area contributed by atoms with E-state index in [1.54, 1.807) is 0 Å². The molecule has 2 fully saturated rings. The summed E-state index contributed by atoms with van der Waals surface area (Å²) in [4.78, 5) is 25.3. The average Bonchev–Trinajstić information content (AvgIpc) is 2.81. The Kier molecular flexibility index (Phi) is 4.10. The fraction of sp³-hybridized carbons (Fsp3) is 0.500. The van der Waals surface area contributed by atoms with Crippen molar-refractivity contribution in [3.63, 3.8) is 0 Å². The molecule has 5 nitrogen and oxygen atoms in total. The first-order valence-electron chi connectivity index (χ1n) is 7.50. The minimum atomic E-state index is -0.877. The molecule has 0 aromatic heterocycles. The molecule has 2 heterocycles. The summed E-state index contributed by atoms with van der Waals surface area (Å²) in [5.41, 5.74) is 0.505. The number of nitrogens with zero attached hydrogens (tertiary/aromatic N) is 1. The minimum Gasteiger partial charge on any atom is -0.481 e. The molecular weight excluding hydrogens is 304 g/mol. The summed E-state index contributed by atoms with van der Waals surface area (Å²) < 4.78 is 0.